The molecular formula is C22H26N2OS. The monoisotopic (exact) mass is 366 g/mol. The maximum atomic E-state index is 12.9. The molecule has 2 aliphatic rings. The summed E-state index contributed by atoms with van der Waals surface area (Å²) in [6.45, 7) is 6.32. The molecule has 0 radical (unpaired) electrons. The summed E-state index contributed by atoms with van der Waals surface area (Å²) in [7, 11) is 0. The van der Waals surface area contributed by atoms with Crippen LogP contribution in [0.5, 0.6) is 0 Å². The molecule has 1 aromatic carbocycles. The molecule has 1 aliphatic heterocycles. The fourth-order valence-electron chi connectivity index (χ4n) is 4.18. The van der Waals surface area contributed by atoms with Crippen molar-refractivity contribution in [3.63, 3.8) is 0 Å². The van der Waals surface area contributed by atoms with Crippen LogP contribution >= 0.6 is 11.3 Å². The van der Waals surface area contributed by atoms with Crippen molar-refractivity contribution in [2.75, 3.05) is 5.32 Å². The zero-order valence-electron chi connectivity index (χ0n) is 15.6. The molecule has 0 saturated heterocycles. The normalized spacial score (nSPS) is 24.5. The predicted octanol–water partition coefficient (Wildman–Crippen LogP) is 5.41. The number of rotatable bonds is 4. The summed E-state index contributed by atoms with van der Waals surface area (Å²) in [5, 5.41) is 9.05. The maximum absolute atomic E-state index is 12.9. The molecule has 26 heavy (non-hydrogen) atoms. The predicted molar refractivity (Wildman–Crippen MR) is 109 cm³/mol. The third-order valence-electron chi connectivity index (χ3n) is 5.82. The van der Waals surface area contributed by atoms with Crippen LogP contribution in [0.15, 0.2) is 41.8 Å². The SMILES string of the molecule is CCC(C)NC(=O)c1cccc2c1NC(c1sccc1C)C1CC=CC21. The second-order valence-electron chi connectivity index (χ2n) is 7.50. The van der Waals surface area contributed by atoms with E-state index < -0.39 is 0 Å². The first-order valence-corrected chi connectivity index (χ1v) is 10.4. The molecule has 0 spiro atoms. The Labute approximate surface area is 159 Å². The van der Waals surface area contributed by atoms with Crippen LogP contribution in [-0.2, 0) is 0 Å². The summed E-state index contributed by atoms with van der Waals surface area (Å²) in [5.74, 6) is 0.924. The zero-order chi connectivity index (χ0) is 18.3. The Hall–Kier alpha value is -2.07. The van der Waals surface area contributed by atoms with Crippen LogP contribution in [0, 0.1) is 12.8 Å². The number of allylic oxidation sites excluding steroid dienone is 2. The van der Waals surface area contributed by atoms with E-state index in [0.29, 0.717) is 11.8 Å². The number of hydrogen-bond acceptors (Lipinski definition) is 3. The lowest BCUT2D eigenvalue weighted by Crippen LogP contribution is -2.35. The van der Waals surface area contributed by atoms with Crippen molar-refractivity contribution >= 4 is 22.9 Å². The van der Waals surface area contributed by atoms with Gasteiger partial charge >= 0.3 is 0 Å². The average molecular weight is 367 g/mol. The highest BCUT2D eigenvalue weighted by Crippen LogP contribution is 2.51. The Kier molecular flexibility index (Phi) is 4.62. The standard InChI is InChI=1S/C22H26N2OS/c1-4-14(3)23-22(25)18-10-6-8-16-15-7-5-9-17(15)20(24-19(16)18)21-13(2)11-12-26-21/h5-8,10-12,14-15,17,20,24H,4,9H2,1-3H3,(H,23,25). The van der Waals surface area contributed by atoms with Crippen LogP contribution in [0.4, 0.5) is 5.69 Å². The van der Waals surface area contributed by atoms with Crippen LogP contribution in [0.3, 0.4) is 0 Å². The summed E-state index contributed by atoms with van der Waals surface area (Å²) in [4.78, 5) is 14.3. The van der Waals surface area contributed by atoms with Gasteiger partial charge in [-0.05, 0) is 61.2 Å². The Balaban J connectivity index is 1.76. The minimum Gasteiger partial charge on any atom is -0.376 e. The molecule has 0 fully saturated rings. The lowest BCUT2D eigenvalue weighted by atomic mass is 9.77. The Bertz CT molecular complexity index is 854. The zero-order valence-corrected chi connectivity index (χ0v) is 16.4. The number of para-hydroxylation sites is 1. The number of carbonyl (C=O) groups excluding carboxylic acids is 1. The van der Waals surface area contributed by atoms with E-state index in [1.54, 1.807) is 0 Å². The first-order chi connectivity index (χ1) is 12.6. The summed E-state index contributed by atoms with van der Waals surface area (Å²) in [6.07, 6.45) is 6.64. The molecule has 2 aromatic rings. The molecule has 4 rings (SSSR count). The Morgan fingerprint density at radius 2 is 2.23 bits per heavy atom. The molecule has 3 nitrogen and oxygen atoms in total. The van der Waals surface area contributed by atoms with Gasteiger partial charge in [-0.15, -0.1) is 11.3 Å². The van der Waals surface area contributed by atoms with Crippen LogP contribution in [0.1, 0.15) is 65.0 Å². The fourth-order valence-corrected chi connectivity index (χ4v) is 5.23. The topological polar surface area (TPSA) is 41.1 Å². The Morgan fingerprint density at radius 1 is 1.38 bits per heavy atom. The van der Waals surface area contributed by atoms with Gasteiger partial charge in [0.05, 0.1) is 17.3 Å². The van der Waals surface area contributed by atoms with Crippen molar-refractivity contribution in [1.82, 2.24) is 5.32 Å². The quantitative estimate of drug-likeness (QED) is 0.710. The molecule has 1 aromatic heterocycles. The number of benzene rings is 1. The highest BCUT2D eigenvalue weighted by molar-refractivity contribution is 7.10. The number of thiophene rings is 1. The van der Waals surface area contributed by atoms with Crippen LogP contribution in [0.25, 0.3) is 0 Å². The van der Waals surface area contributed by atoms with Crippen molar-refractivity contribution in [3.05, 3.63) is 63.4 Å². The van der Waals surface area contributed by atoms with E-state index in [2.05, 4.69) is 54.1 Å². The van der Waals surface area contributed by atoms with Gasteiger partial charge in [-0.25, -0.2) is 0 Å². The number of amides is 1. The Morgan fingerprint density at radius 3 is 2.96 bits per heavy atom. The second-order valence-corrected chi connectivity index (χ2v) is 8.44. The van der Waals surface area contributed by atoms with Gasteiger partial charge in [-0.3, -0.25) is 4.79 Å². The molecule has 0 saturated carbocycles. The summed E-state index contributed by atoms with van der Waals surface area (Å²) >= 11 is 1.82. The molecule has 2 N–H and O–H groups in total. The van der Waals surface area contributed by atoms with Crippen LogP contribution in [0.2, 0.25) is 0 Å². The van der Waals surface area contributed by atoms with Crippen molar-refractivity contribution in [3.8, 4) is 0 Å². The van der Waals surface area contributed by atoms with Gasteiger partial charge in [-0.1, -0.05) is 31.2 Å². The van der Waals surface area contributed by atoms with Crippen LogP contribution < -0.4 is 10.6 Å². The first-order valence-electron chi connectivity index (χ1n) is 9.51. The van der Waals surface area contributed by atoms with Crippen molar-refractivity contribution in [1.29, 1.82) is 0 Å². The smallest absolute Gasteiger partial charge is 0.253 e. The third-order valence-corrected chi connectivity index (χ3v) is 6.92. The molecule has 0 bridgehead atoms. The van der Waals surface area contributed by atoms with E-state index in [0.717, 1.165) is 24.1 Å². The number of nitrogens with one attached hydrogen (secondary N) is 2. The van der Waals surface area contributed by atoms with Crippen molar-refractivity contribution in [2.45, 2.75) is 51.6 Å². The number of carbonyl (C=O) groups is 1. The lowest BCUT2D eigenvalue weighted by molar-refractivity contribution is 0.0939. The van der Waals surface area contributed by atoms with E-state index in [9.17, 15) is 4.79 Å². The average Bonchev–Trinajstić information content (AvgIpc) is 3.29. The molecule has 1 amide bonds. The second kappa shape index (κ2) is 6.92. The maximum Gasteiger partial charge on any atom is 0.253 e. The summed E-state index contributed by atoms with van der Waals surface area (Å²) < 4.78 is 0. The number of hydrogen-bond donors (Lipinski definition) is 2. The minimum absolute atomic E-state index is 0.0192. The first kappa shape index (κ1) is 17.3. The van der Waals surface area contributed by atoms with Crippen LogP contribution in [-0.4, -0.2) is 11.9 Å². The van der Waals surface area contributed by atoms with Crippen molar-refractivity contribution in [2.24, 2.45) is 5.92 Å². The molecular weight excluding hydrogens is 340 g/mol. The highest BCUT2D eigenvalue weighted by Gasteiger charge is 2.40. The lowest BCUT2D eigenvalue weighted by Gasteiger charge is -2.38. The largest absolute Gasteiger partial charge is 0.376 e. The number of anilines is 1. The van der Waals surface area contributed by atoms with E-state index in [-0.39, 0.29) is 18.0 Å². The number of aryl methyl sites for hydroxylation is 1. The summed E-state index contributed by atoms with van der Waals surface area (Å²) in [5.41, 5.74) is 4.37. The van der Waals surface area contributed by atoms with Gasteiger partial charge < -0.3 is 10.6 Å². The molecule has 4 unspecified atom stereocenters. The van der Waals surface area contributed by atoms with Gasteiger partial charge in [0.15, 0.2) is 0 Å². The number of fused-ring (bicyclic) bond motifs is 3. The summed E-state index contributed by atoms with van der Waals surface area (Å²) in [6, 6.07) is 8.77. The van der Waals surface area contributed by atoms with Crippen molar-refractivity contribution < 1.29 is 4.79 Å². The molecule has 2 heterocycles. The van der Waals surface area contributed by atoms with E-state index >= 15 is 0 Å². The molecule has 1 aliphatic carbocycles. The molecule has 136 valence electrons. The highest BCUT2D eigenvalue weighted by atomic mass is 32.1. The van der Waals surface area contributed by atoms with Gasteiger partial charge in [-0.2, -0.15) is 0 Å². The third kappa shape index (κ3) is 2.86. The fraction of sp³-hybridized carbons (Fsp3) is 0.409. The van der Waals surface area contributed by atoms with Gasteiger partial charge in [0.25, 0.3) is 5.91 Å². The van der Waals surface area contributed by atoms with Gasteiger partial charge in [0.2, 0.25) is 0 Å². The van der Waals surface area contributed by atoms with Gasteiger partial charge in [0.1, 0.15) is 0 Å². The van der Waals surface area contributed by atoms with E-state index in [1.165, 1.54) is 16.0 Å². The van der Waals surface area contributed by atoms with E-state index in [1.807, 2.05) is 30.4 Å². The molecule has 4 heteroatoms. The minimum atomic E-state index is 0.0192. The molecule has 4 atom stereocenters. The van der Waals surface area contributed by atoms with E-state index in [4.69, 9.17) is 0 Å². The van der Waals surface area contributed by atoms with Gasteiger partial charge in [0, 0.05) is 16.8 Å².